The Morgan fingerprint density at radius 3 is 2.25 bits per heavy atom. The Balaban J connectivity index is 1.25. The number of aryl methyl sites for hydroxylation is 1. The summed E-state index contributed by atoms with van der Waals surface area (Å²) in [6, 6.07) is 26.2. The molecule has 0 aromatic heterocycles. The second-order valence-electron chi connectivity index (χ2n) is 9.45. The second kappa shape index (κ2) is 12.4. The minimum Gasteiger partial charge on any atom is -0.491 e. The van der Waals surface area contributed by atoms with E-state index in [1.165, 1.54) is 16.7 Å². The molecule has 3 aromatic rings. The summed E-state index contributed by atoms with van der Waals surface area (Å²) in [4.78, 5) is 2.45. The summed E-state index contributed by atoms with van der Waals surface area (Å²) in [6.45, 7) is 5.56. The average molecular weight is 509 g/mol. The number of hydrogen-bond acceptors (Lipinski definition) is 5. The van der Waals surface area contributed by atoms with Crippen molar-refractivity contribution in [3.8, 4) is 5.75 Å². The number of nitrogens with zero attached hydrogens (tertiary/aromatic N) is 1. The van der Waals surface area contributed by atoms with Crippen LogP contribution in [0.4, 0.5) is 5.69 Å². The molecule has 36 heavy (non-hydrogen) atoms. The van der Waals surface area contributed by atoms with Crippen molar-refractivity contribution in [2.75, 3.05) is 37.2 Å². The lowest BCUT2D eigenvalue weighted by Crippen LogP contribution is -2.38. The molecular formula is C29H36N2O4S. The van der Waals surface area contributed by atoms with Gasteiger partial charge >= 0.3 is 0 Å². The third kappa shape index (κ3) is 7.82. The molecule has 1 aliphatic rings. The maximum absolute atomic E-state index is 11.6. The molecule has 0 saturated carbocycles. The molecular weight excluding hydrogens is 472 g/mol. The van der Waals surface area contributed by atoms with Crippen molar-refractivity contribution in [3.63, 3.8) is 0 Å². The fourth-order valence-corrected chi connectivity index (χ4v) is 5.10. The van der Waals surface area contributed by atoms with E-state index in [1.54, 1.807) is 18.2 Å². The average Bonchev–Trinajstić information content (AvgIpc) is 2.87. The number of nitrogens with one attached hydrogen (secondary N) is 1. The molecule has 0 spiro atoms. The Labute approximate surface area is 215 Å². The zero-order chi connectivity index (χ0) is 25.4. The highest BCUT2D eigenvalue weighted by molar-refractivity contribution is 7.92. The van der Waals surface area contributed by atoms with Gasteiger partial charge in [-0.15, -0.1) is 0 Å². The third-order valence-corrected chi connectivity index (χ3v) is 6.99. The van der Waals surface area contributed by atoms with Crippen LogP contribution in [0.15, 0.2) is 78.9 Å². The summed E-state index contributed by atoms with van der Waals surface area (Å²) >= 11 is 0. The molecule has 1 fully saturated rings. The van der Waals surface area contributed by atoms with Gasteiger partial charge in [-0.3, -0.25) is 4.72 Å². The van der Waals surface area contributed by atoms with Crippen molar-refractivity contribution in [3.05, 3.63) is 95.6 Å². The number of benzene rings is 3. The lowest BCUT2D eigenvalue weighted by Gasteiger charge is -2.34. The Morgan fingerprint density at radius 1 is 0.917 bits per heavy atom. The van der Waals surface area contributed by atoms with Crippen LogP contribution in [-0.4, -0.2) is 51.9 Å². The predicted molar refractivity (Wildman–Crippen MR) is 145 cm³/mol. The van der Waals surface area contributed by atoms with Gasteiger partial charge in [-0.25, -0.2) is 8.42 Å². The molecule has 4 rings (SSSR count). The first kappa shape index (κ1) is 26.2. The van der Waals surface area contributed by atoms with E-state index in [4.69, 9.17) is 9.47 Å². The van der Waals surface area contributed by atoms with Crippen LogP contribution in [0.2, 0.25) is 0 Å². The highest BCUT2D eigenvalue weighted by Crippen LogP contribution is 2.30. The molecule has 0 bridgehead atoms. The SMILES string of the molecule is Cc1ccc(C(OC2CCN(CCCOc3ccccc3NS(C)(=O)=O)CC2)c2ccccc2)cc1. The van der Waals surface area contributed by atoms with Gasteiger partial charge in [-0.1, -0.05) is 72.3 Å². The van der Waals surface area contributed by atoms with Crippen molar-refractivity contribution in [1.29, 1.82) is 0 Å². The van der Waals surface area contributed by atoms with Gasteiger partial charge < -0.3 is 14.4 Å². The van der Waals surface area contributed by atoms with Crippen molar-refractivity contribution in [2.45, 2.75) is 38.4 Å². The molecule has 0 radical (unpaired) electrons. The maximum Gasteiger partial charge on any atom is 0.229 e. The van der Waals surface area contributed by atoms with E-state index in [9.17, 15) is 8.42 Å². The quantitative estimate of drug-likeness (QED) is 0.351. The summed E-state index contributed by atoms with van der Waals surface area (Å²) < 4.78 is 38.2. The molecule has 3 aromatic carbocycles. The molecule has 7 heteroatoms. The summed E-state index contributed by atoms with van der Waals surface area (Å²) in [5.74, 6) is 0.554. The van der Waals surface area contributed by atoms with Gasteiger partial charge in [0.2, 0.25) is 10.0 Å². The van der Waals surface area contributed by atoms with E-state index in [-0.39, 0.29) is 12.2 Å². The lowest BCUT2D eigenvalue weighted by atomic mass is 9.99. The Kier molecular flexibility index (Phi) is 9.02. The Bertz CT molecular complexity index is 1190. The molecule has 1 atom stereocenters. The summed E-state index contributed by atoms with van der Waals surface area (Å²) in [5, 5.41) is 0. The van der Waals surface area contributed by atoms with Crippen molar-refractivity contribution < 1.29 is 17.9 Å². The number of para-hydroxylation sites is 2. The van der Waals surface area contributed by atoms with Crippen LogP contribution in [0.3, 0.4) is 0 Å². The van der Waals surface area contributed by atoms with Crippen LogP contribution in [-0.2, 0) is 14.8 Å². The van der Waals surface area contributed by atoms with Gasteiger partial charge in [0.05, 0.1) is 24.7 Å². The fraction of sp³-hybridized carbons (Fsp3) is 0.379. The van der Waals surface area contributed by atoms with Crippen LogP contribution >= 0.6 is 0 Å². The number of sulfonamides is 1. The number of likely N-dealkylation sites (tertiary alicyclic amines) is 1. The first-order valence-electron chi connectivity index (χ1n) is 12.6. The Morgan fingerprint density at radius 2 is 1.56 bits per heavy atom. The number of hydrogen-bond donors (Lipinski definition) is 1. The molecule has 192 valence electrons. The standard InChI is InChI=1S/C29H36N2O4S/c1-23-13-15-25(16-14-23)29(24-9-4-3-5-10-24)35-26-17-20-31(21-18-26)19-8-22-34-28-12-7-6-11-27(28)30-36(2,32)33/h3-7,9-16,26,29-30H,8,17-22H2,1-2H3. The van der Waals surface area contributed by atoms with E-state index in [2.05, 4.69) is 65.1 Å². The Hall–Kier alpha value is -2.87. The molecule has 1 heterocycles. The number of anilines is 1. The topological polar surface area (TPSA) is 67.9 Å². The molecule has 0 aliphatic carbocycles. The third-order valence-electron chi connectivity index (χ3n) is 6.40. The fourth-order valence-electron chi connectivity index (χ4n) is 4.53. The predicted octanol–water partition coefficient (Wildman–Crippen LogP) is 5.41. The summed E-state index contributed by atoms with van der Waals surface area (Å²) in [6.07, 6.45) is 4.17. The normalized spacial score (nSPS) is 15.9. The summed E-state index contributed by atoms with van der Waals surface area (Å²) in [5.41, 5.74) is 4.10. The zero-order valence-corrected chi connectivity index (χ0v) is 21.9. The van der Waals surface area contributed by atoms with Crippen LogP contribution in [0.1, 0.15) is 42.1 Å². The van der Waals surface area contributed by atoms with Gasteiger partial charge in [-0.05, 0) is 49.4 Å². The first-order chi connectivity index (χ1) is 17.4. The smallest absolute Gasteiger partial charge is 0.229 e. The highest BCUT2D eigenvalue weighted by atomic mass is 32.2. The van der Waals surface area contributed by atoms with Gasteiger partial charge in [0, 0.05) is 19.6 Å². The van der Waals surface area contributed by atoms with Gasteiger partial charge in [0.25, 0.3) is 0 Å². The molecule has 1 N–H and O–H groups in total. The maximum atomic E-state index is 11.6. The lowest BCUT2D eigenvalue weighted by molar-refractivity contribution is -0.0273. The van der Waals surface area contributed by atoms with E-state index >= 15 is 0 Å². The van der Waals surface area contributed by atoms with Gasteiger partial charge in [0.1, 0.15) is 11.9 Å². The largest absolute Gasteiger partial charge is 0.491 e. The molecule has 6 nitrogen and oxygen atoms in total. The number of piperidine rings is 1. The van der Waals surface area contributed by atoms with Crippen LogP contribution < -0.4 is 9.46 Å². The van der Waals surface area contributed by atoms with E-state index < -0.39 is 10.0 Å². The minimum absolute atomic E-state index is 0.0580. The van der Waals surface area contributed by atoms with Crippen LogP contribution in [0.5, 0.6) is 5.75 Å². The van der Waals surface area contributed by atoms with E-state index in [1.807, 2.05) is 12.1 Å². The number of ether oxygens (including phenoxy) is 2. The van der Waals surface area contributed by atoms with Crippen LogP contribution in [0, 0.1) is 6.92 Å². The number of rotatable bonds is 11. The van der Waals surface area contributed by atoms with Crippen molar-refractivity contribution in [1.82, 2.24) is 4.90 Å². The van der Waals surface area contributed by atoms with E-state index in [0.29, 0.717) is 18.0 Å². The van der Waals surface area contributed by atoms with Crippen molar-refractivity contribution in [2.24, 2.45) is 0 Å². The van der Waals surface area contributed by atoms with Crippen LogP contribution in [0.25, 0.3) is 0 Å². The van der Waals surface area contributed by atoms with Gasteiger partial charge in [-0.2, -0.15) is 0 Å². The monoisotopic (exact) mass is 508 g/mol. The zero-order valence-electron chi connectivity index (χ0n) is 21.1. The minimum atomic E-state index is -3.35. The van der Waals surface area contributed by atoms with Crippen molar-refractivity contribution >= 4 is 15.7 Å². The first-order valence-corrected chi connectivity index (χ1v) is 14.5. The highest BCUT2D eigenvalue weighted by Gasteiger charge is 2.24. The molecule has 1 unspecified atom stereocenters. The molecule has 0 amide bonds. The summed E-state index contributed by atoms with van der Waals surface area (Å²) in [7, 11) is -3.35. The van der Waals surface area contributed by atoms with E-state index in [0.717, 1.165) is 45.2 Å². The van der Waals surface area contributed by atoms with Gasteiger partial charge in [0.15, 0.2) is 0 Å². The molecule has 1 aliphatic heterocycles. The second-order valence-corrected chi connectivity index (χ2v) is 11.2. The molecule has 1 saturated heterocycles.